The van der Waals surface area contributed by atoms with Gasteiger partial charge in [0, 0.05) is 25.9 Å². The smallest absolute Gasteiger partial charge is 0.192 e. The molecule has 0 aromatic heterocycles. The molecule has 2 aliphatic rings. The van der Waals surface area contributed by atoms with Crippen LogP contribution in [0.4, 0.5) is 0 Å². The van der Waals surface area contributed by atoms with E-state index in [0.29, 0.717) is 13.2 Å². The molecule has 0 spiro atoms. The van der Waals surface area contributed by atoms with Gasteiger partial charge in [0.1, 0.15) is 12.5 Å². The van der Waals surface area contributed by atoms with Crippen molar-refractivity contribution < 1.29 is 28.1 Å². The molecule has 9 heteroatoms. The van der Waals surface area contributed by atoms with Crippen LogP contribution in [-0.4, -0.2) is 75.4 Å². The van der Waals surface area contributed by atoms with Gasteiger partial charge in [0.2, 0.25) is 0 Å². The Balaban J connectivity index is 1.74. The molecule has 2 heterocycles. The molecule has 0 N–H and O–H groups in total. The number of hydrogen-bond donors (Lipinski definition) is 0. The quantitative estimate of drug-likeness (QED) is 0.0864. The first-order chi connectivity index (χ1) is 21.1. The molecule has 1 aromatic rings. The fourth-order valence-corrected chi connectivity index (χ4v) is 10.7. The summed E-state index contributed by atoms with van der Waals surface area (Å²) in [6.07, 6.45) is 6.46. The summed E-state index contributed by atoms with van der Waals surface area (Å²) in [5.74, 6) is 3.40. The fraction of sp³-hybridized carbons (Fsp3) is 0.722. The van der Waals surface area contributed by atoms with Crippen LogP contribution in [0.5, 0.6) is 5.75 Å². The summed E-state index contributed by atoms with van der Waals surface area (Å²) >= 11 is 4.16. The van der Waals surface area contributed by atoms with Crippen LogP contribution >= 0.6 is 23.5 Å². The lowest BCUT2D eigenvalue weighted by Crippen LogP contribution is -2.45. The number of hydrogen-bond acceptors (Lipinski definition) is 8. The second-order valence-electron chi connectivity index (χ2n) is 14.6. The normalized spacial score (nSPS) is 25.1. The van der Waals surface area contributed by atoms with Crippen LogP contribution in [0.2, 0.25) is 18.1 Å². The summed E-state index contributed by atoms with van der Waals surface area (Å²) in [6.45, 7) is 25.8. The van der Waals surface area contributed by atoms with Crippen LogP contribution < -0.4 is 4.74 Å². The van der Waals surface area contributed by atoms with Crippen molar-refractivity contribution in [1.29, 1.82) is 0 Å². The largest absolute Gasteiger partial charge is 0.497 e. The summed E-state index contributed by atoms with van der Waals surface area (Å²) in [5, 5.41) is 0.123. The van der Waals surface area contributed by atoms with E-state index in [2.05, 4.69) is 96.5 Å². The number of benzene rings is 1. The average molecular weight is 681 g/mol. The average Bonchev–Trinajstić information content (AvgIpc) is 3.28. The highest BCUT2D eigenvalue weighted by atomic mass is 32.2. The van der Waals surface area contributed by atoms with Crippen molar-refractivity contribution in [3.8, 4) is 5.75 Å². The van der Waals surface area contributed by atoms with E-state index >= 15 is 0 Å². The van der Waals surface area contributed by atoms with Gasteiger partial charge in [-0.2, -0.15) is 0 Å². The van der Waals surface area contributed by atoms with Crippen molar-refractivity contribution in [2.75, 3.05) is 39.1 Å². The molecule has 0 unspecified atom stereocenters. The predicted octanol–water partition coefficient (Wildman–Crippen LogP) is 9.25. The zero-order valence-corrected chi connectivity index (χ0v) is 32.1. The molecule has 2 fully saturated rings. The van der Waals surface area contributed by atoms with Gasteiger partial charge in [0.05, 0.1) is 48.3 Å². The fourth-order valence-electron chi connectivity index (χ4n) is 5.86. The van der Waals surface area contributed by atoms with Crippen LogP contribution in [0.3, 0.4) is 0 Å². The summed E-state index contributed by atoms with van der Waals surface area (Å²) < 4.78 is 37.1. The molecule has 0 radical (unpaired) electrons. The number of ether oxygens (including phenoxy) is 5. The first kappa shape index (κ1) is 38.7. The van der Waals surface area contributed by atoms with Crippen LogP contribution in [0, 0.1) is 5.92 Å². The third kappa shape index (κ3) is 11.4. The van der Waals surface area contributed by atoms with Crippen LogP contribution in [-0.2, 0) is 30.0 Å². The molecule has 256 valence electrons. The predicted molar refractivity (Wildman–Crippen MR) is 194 cm³/mol. The van der Waals surface area contributed by atoms with Crippen molar-refractivity contribution in [2.24, 2.45) is 5.92 Å². The maximum absolute atomic E-state index is 7.04. The van der Waals surface area contributed by atoms with E-state index < -0.39 is 8.32 Å². The maximum Gasteiger partial charge on any atom is 0.192 e. The Bertz CT molecular complexity index is 1070. The summed E-state index contributed by atoms with van der Waals surface area (Å²) in [4.78, 5) is 0. The number of rotatable bonds is 18. The third-order valence-electron chi connectivity index (χ3n) is 9.56. The van der Waals surface area contributed by atoms with Crippen LogP contribution in [0.15, 0.2) is 49.1 Å². The minimum atomic E-state index is -1.97. The second kappa shape index (κ2) is 17.0. The van der Waals surface area contributed by atoms with Gasteiger partial charge in [-0.25, -0.2) is 0 Å². The summed E-state index contributed by atoms with van der Waals surface area (Å²) in [7, 11) is 1.40. The van der Waals surface area contributed by atoms with Crippen molar-refractivity contribution in [2.45, 2.75) is 119 Å². The van der Waals surface area contributed by atoms with E-state index in [1.165, 1.54) is 6.42 Å². The molecule has 3 rings (SSSR count). The van der Waals surface area contributed by atoms with Crippen molar-refractivity contribution >= 4 is 31.8 Å². The summed E-state index contributed by atoms with van der Waals surface area (Å²) in [5.41, 5.74) is 1.92. The molecule has 0 bridgehead atoms. The molecule has 0 amide bonds. The van der Waals surface area contributed by atoms with Gasteiger partial charge in [-0.1, -0.05) is 51.1 Å². The molecule has 2 saturated heterocycles. The van der Waals surface area contributed by atoms with E-state index in [9.17, 15) is 0 Å². The Labute approximate surface area is 283 Å². The second-order valence-corrected chi connectivity index (χ2v) is 22.5. The lowest BCUT2D eigenvalue weighted by Gasteiger charge is -2.42. The number of thioether (sulfide) groups is 2. The lowest BCUT2D eigenvalue weighted by molar-refractivity contribution is -0.105. The first-order valence-electron chi connectivity index (χ1n) is 16.4. The van der Waals surface area contributed by atoms with Crippen molar-refractivity contribution in [3.05, 3.63) is 54.6 Å². The Hall–Kier alpha value is -0.783. The van der Waals surface area contributed by atoms with Crippen LogP contribution in [0.1, 0.15) is 72.3 Å². The van der Waals surface area contributed by atoms with Gasteiger partial charge in [0.15, 0.2) is 8.32 Å². The Kier molecular flexibility index (Phi) is 14.6. The van der Waals surface area contributed by atoms with Gasteiger partial charge in [-0.15, -0.1) is 30.1 Å². The van der Waals surface area contributed by atoms with Gasteiger partial charge in [-0.3, -0.25) is 0 Å². The molecule has 45 heavy (non-hydrogen) atoms. The minimum Gasteiger partial charge on any atom is -0.497 e. The van der Waals surface area contributed by atoms with E-state index in [1.807, 2.05) is 18.2 Å². The molecule has 6 nitrogen and oxygen atoms in total. The van der Waals surface area contributed by atoms with E-state index in [-0.39, 0.29) is 45.7 Å². The zero-order chi connectivity index (χ0) is 33.3. The molecule has 1 aromatic carbocycles. The molecule has 5 atom stereocenters. The van der Waals surface area contributed by atoms with Crippen molar-refractivity contribution in [1.82, 2.24) is 0 Å². The summed E-state index contributed by atoms with van der Waals surface area (Å²) in [6, 6.07) is 8.08. The van der Waals surface area contributed by atoms with Gasteiger partial charge in [-0.05, 0) is 80.4 Å². The Morgan fingerprint density at radius 1 is 1.13 bits per heavy atom. The molecule has 2 aliphatic heterocycles. The highest BCUT2D eigenvalue weighted by Crippen LogP contribution is 2.53. The molecular weight excluding hydrogens is 621 g/mol. The SMILES string of the molecule is C=C[C@H](C[C@@]1(C)C[C@H](OCOC)[C@@H](CC2(C[C@@H](COCc3ccc(OC)cc3)C(=C)C)SCCCS2)O1)O[Si](C)(C)C(C)(C)C. The van der Waals surface area contributed by atoms with Gasteiger partial charge in [0.25, 0.3) is 0 Å². The third-order valence-corrected chi connectivity index (χ3v) is 17.5. The highest BCUT2D eigenvalue weighted by Gasteiger charge is 2.50. The van der Waals surface area contributed by atoms with Crippen LogP contribution in [0.25, 0.3) is 0 Å². The maximum atomic E-state index is 7.04. The topological polar surface area (TPSA) is 55.4 Å². The standard InChI is InChI=1S/C36H60O6S2Si/c1-12-30(42-45(10,11)34(4,5)6)21-35(7)22-32(40-26-37-8)33(41-35)23-36(43-18-13-19-44-36)20-29(27(2)3)25-39-24-28-14-16-31(38-9)17-15-28/h12,14-17,29-30,32-33H,1-2,13,18-26H2,3-11H3/t29-,30+,32-,33+,35-/m0/s1. The van der Waals surface area contributed by atoms with Crippen molar-refractivity contribution in [3.63, 3.8) is 0 Å². The van der Waals surface area contributed by atoms with E-state index in [1.54, 1.807) is 14.2 Å². The van der Waals surface area contributed by atoms with Gasteiger partial charge >= 0.3 is 0 Å². The lowest BCUT2D eigenvalue weighted by atomic mass is 9.91. The Morgan fingerprint density at radius 3 is 2.36 bits per heavy atom. The van der Waals surface area contributed by atoms with Gasteiger partial charge < -0.3 is 28.1 Å². The minimum absolute atomic E-state index is 0.00852. The van der Waals surface area contributed by atoms with E-state index in [4.69, 9.17) is 28.1 Å². The highest BCUT2D eigenvalue weighted by molar-refractivity contribution is 8.18. The zero-order valence-electron chi connectivity index (χ0n) is 29.4. The molecule has 0 aliphatic carbocycles. The van der Waals surface area contributed by atoms with E-state index in [0.717, 1.165) is 54.1 Å². The molecular formula is C36H60O6S2Si. The molecule has 0 saturated carbocycles. The Morgan fingerprint density at radius 2 is 1.80 bits per heavy atom. The monoisotopic (exact) mass is 680 g/mol. The number of methoxy groups -OCH3 is 2. The first-order valence-corrected chi connectivity index (χ1v) is 21.3.